The number of hydrogen-bond acceptors (Lipinski definition) is 5. The first-order chi connectivity index (χ1) is 15.3. The number of fused-ring (bicyclic) bond motifs is 1. The third kappa shape index (κ3) is 4.47. The predicted molar refractivity (Wildman–Crippen MR) is 125 cm³/mol. The Hall–Kier alpha value is -2.97. The molecule has 168 valence electrons. The number of Topliss-reactive ketones (excluding diaryl/α,β-unsaturated/α-hetero) is 1. The predicted octanol–water partition coefficient (Wildman–Crippen LogP) is 3.82. The van der Waals surface area contributed by atoms with Gasteiger partial charge in [0.05, 0.1) is 16.8 Å². The molecule has 8 heteroatoms. The molecule has 32 heavy (non-hydrogen) atoms. The number of H-pyrrole nitrogens is 1. The molecular formula is C24H27N3O4S. The quantitative estimate of drug-likeness (QED) is 0.448. The van der Waals surface area contributed by atoms with Gasteiger partial charge in [-0.2, -0.15) is 0 Å². The second-order valence-electron chi connectivity index (χ2n) is 8.37. The minimum Gasteiger partial charge on any atom is -0.481 e. The second-order valence-corrected chi connectivity index (χ2v) is 9.45. The van der Waals surface area contributed by atoms with E-state index < -0.39 is 17.9 Å². The summed E-state index contributed by atoms with van der Waals surface area (Å²) in [6.07, 6.45) is 1.46. The number of benzene rings is 1. The highest BCUT2D eigenvalue weighted by atomic mass is 32.1. The number of aryl methyl sites for hydroxylation is 1. The van der Waals surface area contributed by atoms with Crippen molar-refractivity contribution in [3.63, 3.8) is 0 Å². The zero-order valence-corrected chi connectivity index (χ0v) is 18.8. The summed E-state index contributed by atoms with van der Waals surface area (Å²) in [4.78, 5) is 43.3. The van der Waals surface area contributed by atoms with Gasteiger partial charge in [0.15, 0.2) is 5.78 Å². The number of hydrogen-bond donors (Lipinski definition) is 3. The van der Waals surface area contributed by atoms with E-state index in [1.54, 1.807) is 0 Å². The van der Waals surface area contributed by atoms with Gasteiger partial charge in [-0.15, -0.1) is 11.3 Å². The van der Waals surface area contributed by atoms with Gasteiger partial charge in [0, 0.05) is 33.5 Å². The Morgan fingerprint density at radius 3 is 2.59 bits per heavy atom. The largest absolute Gasteiger partial charge is 0.481 e. The highest BCUT2D eigenvalue weighted by Crippen LogP contribution is 2.37. The number of nitrogens with zero attached hydrogens (tertiary/aromatic N) is 1. The number of ketones is 1. The number of amides is 1. The summed E-state index contributed by atoms with van der Waals surface area (Å²) >= 11 is 1.45. The van der Waals surface area contributed by atoms with Gasteiger partial charge in [0.25, 0.3) is 0 Å². The van der Waals surface area contributed by atoms with Crippen LogP contribution in [0.1, 0.15) is 41.0 Å². The number of likely N-dealkylation sites (tertiary alicyclic amines) is 1. The van der Waals surface area contributed by atoms with E-state index in [1.165, 1.54) is 11.3 Å². The number of carbonyl (C=O) groups excluding carboxylic acids is 2. The fourth-order valence-corrected chi connectivity index (χ4v) is 5.69. The lowest BCUT2D eigenvalue weighted by molar-refractivity contribution is -0.143. The minimum atomic E-state index is -0.790. The topological polar surface area (TPSA) is 116 Å². The molecule has 1 aromatic carbocycles. The van der Waals surface area contributed by atoms with Crippen LogP contribution in [0.5, 0.6) is 0 Å². The number of nitrogens with one attached hydrogen (secondary N) is 1. The van der Waals surface area contributed by atoms with Crippen molar-refractivity contribution >= 4 is 39.9 Å². The van der Waals surface area contributed by atoms with Crippen LogP contribution < -0.4 is 5.73 Å². The van der Waals surface area contributed by atoms with Crippen molar-refractivity contribution in [1.82, 2.24) is 9.88 Å². The van der Waals surface area contributed by atoms with Crippen molar-refractivity contribution in [2.24, 2.45) is 11.7 Å². The first kappa shape index (κ1) is 22.2. The van der Waals surface area contributed by atoms with Crippen molar-refractivity contribution in [1.29, 1.82) is 0 Å². The number of aliphatic carboxylic acids is 1. The first-order valence-corrected chi connectivity index (χ1v) is 11.6. The first-order valence-electron chi connectivity index (χ1n) is 10.8. The second kappa shape index (κ2) is 9.26. The monoisotopic (exact) mass is 453 g/mol. The molecule has 1 unspecified atom stereocenters. The molecule has 0 bridgehead atoms. The van der Waals surface area contributed by atoms with Crippen LogP contribution in [0.15, 0.2) is 36.4 Å². The molecule has 1 aliphatic heterocycles. The van der Waals surface area contributed by atoms with Crippen molar-refractivity contribution in [2.45, 2.75) is 38.6 Å². The maximum Gasteiger partial charge on any atom is 0.306 e. The van der Waals surface area contributed by atoms with E-state index >= 15 is 0 Å². The number of primary amides is 1. The van der Waals surface area contributed by atoms with E-state index in [4.69, 9.17) is 5.73 Å². The average molecular weight is 454 g/mol. The number of carbonyl (C=O) groups is 3. The Kier molecular flexibility index (Phi) is 6.43. The van der Waals surface area contributed by atoms with Crippen LogP contribution in [0.2, 0.25) is 0 Å². The summed E-state index contributed by atoms with van der Waals surface area (Å²) in [6.45, 7) is 3.07. The highest BCUT2D eigenvalue weighted by molar-refractivity contribution is 7.17. The molecule has 0 radical (unpaired) electrons. The summed E-state index contributed by atoms with van der Waals surface area (Å²) in [5, 5.41) is 10.4. The summed E-state index contributed by atoms with van der Waals surface area (Å²) < 4.78 is 0. The Balaban J connectivity index is 1.59. The molecule has 3 heterocycles. The number of carboxylic acid groups (broad SMARTS) is 1. The number of aromatic amines is 1. The number of carboxylic acids is 1. The van der Waals surface area contributed by atoms with Crippen LogP contribution in [0, 0.1) is 12.8 Å². The molecule has 1 fully saturated rings. The molecule has 0 aliphatic carbocycles. The van der Waals surface area contributed by atoms with Crippen LogP contribution in [0.3, 0.4) is 0 Å². The normalized spacial score (nSPS) is 16.3. The van der Waals surface area contributed by atoms with E-state index in [0.29, 0.717) is 37.2 Å². The van der Waals surface area contributed by atoms with Gasteiger partial charge in [0.2, 0.25) is 5.91 Å². The Bertz CT molecular complexity index is 1160. The van der Waals surface area contributed by atoms with Crippen molar-refractivity contribution in [3.05, 3.63) is 47.0 Å². The molecule has 1 amide bonds. The zero-order valence-electron chi connectivity index (χ0n) is 18.0. The van der Waals surface area contributed by atoms with Gasteiger partial charge < -0.3 is 15.8 Å². The van der Waals surface area contributed by atoms with Gasteiger partial charge in [0.1, 0.15) is 0 Å². The van der Waals surface area contributed by atoms with Crippen LogP contribution in [0.4, 0.5) is 0 Å². The maximum atomic E-state index is 13.5. The molecule has 3 aromatic rings. The Morgan fingerprint density at radius 1 is 1.19 bits per heavy atom. The molecule has 7 nitrogen and oxygen atoms in total. The summed E-state index contributed by atoms with van der Waals surface area (Å²) in [6, 6.07) is 11.4. The summed E-state index contributed by atoms with van der Waals surface area (Å²) in [5.41, 5.74) is 8.57. The Morgan fingerprint density at radius 2 is 1.91 bits per heavy atom. The van der Waals surface area contributed by atoms with Crippen molar-refractivity contribution < 1.29 is 19.5 Å². The van der Waals surface area contributed by atoms with Gasteiger partial charge in [-0.25, -0.2) is 0 Å². The highest BCUT2D eigenvalue weighted by Gasteiger charge is 2.33. The lowest BCUT2D eigenvalue weighted by Gasteiger charge is -2.35. The minimum absolute atomic E-state index is 0.0335. The third-order valence-corrected chi connectivity index (χ3v) is 7.39. The van der Waals surface area contributed by atoms with E-state index in [-0.39, 0.29) is 18.1 Å². The van der Waals surface area contributed by atoms with E-state index in [1.807, 2.05) is 42.2 Å². The summed E-state index contributed by atoms with van der Waals surface area (Å²) in [5.74, 6) is -1.64. The molecule has 1 aliphatic rings. The molecule has 1 saturated heterocycles. The number of thiophene rings is 1. The number of aromatic nitrogens is 1. The lowest BCUT2D eigenvalue weighted by Crippen LogP contribution is -2.46. The molecule has 4 rings (SSSR count). The fraction of sp³-hybridized carbons (Fsp3) is 0.375. The SMILES string of the molecule is Cc1[nH]c2ccccc2c1-c1ccc(C(=O)C(CCC(N)=O)N2CCC(C(=O)O)CC2)s1. The third-order valence-electron chi connectivity index (χ3n) is 6.28. The van der Waals surface area contributed by atoms with Crippen molar-refractivity contribution in [3.8, 4) is 10.4 Å². The van der Waals surface area contributed by atoms with E-state index in [2.05, 4.69) is 11.1 Å². The molecule has 2 aromatic heterocycles. The average Bonchev–Trinajstić information content (AvgIpc) is 3.37. The van der Waals surface area contributed by atoms with Crippen LogP contribution in [-0.2, 0) is 9.59 Å². The van der Waals surface area contributed by atoms with Gasteiger partial charge in [-0.1, -0.05) is 18.2 Å². The maximum absolute atomic E-state index is 13.5. The van der Waals surface area contributed by atoms with Crippen LogP contribution in [-0.4, -0.2) is 51.8 Å². The molecular weight excluding hydrogens is 426 g/mol. The van der Waals surface area contributed by atoms with Gasteiger partial charge in [-0.3, -0.25) is 19.3 Å². The molecule has 1 atom stereocenters. The van der Waals surface area contributed by atoms with Crippen LogP contribution >= 0.6 is 11.3 Å². The standard InChI is InChI=1S/C24H27N3O4S/c1-14-22(16-4-2-3-5-17(16)26-14)19-7-8-20(32-19)23(29)18(6-9-21(25)28)27-12-10-15(11-13-27)24(30)31/h2-5,7-8,15,18,26H,6,9-13H2,1H3,(H2,25,28)(H,30,31). The number of para-hydroxylation sites is 1. The van der Waals surface area contributed by atoms with Crippen LogP contribution in [0.25, 0.3) is 21.3 Å². The smallest absolute Gasteiger partial charge is 0.306 e. The van der Waals surface area contributed by atoms with Gasteiger partial charge >= 0.3 is 5.97 Å². The zero-order chi connectivity index (χ0) is 22.8. The number of nitrogens with two attached hydrogens (primary N) is 1. The summed E-state index contributed by atoms with van der Waals surface area (Å²) in [7, 11) is 0. The van der Waals surface area contributed by atoms with E-state index in [9.17, 15) is 19.5 Å². The number of piperidine rings is 1. The lowest BCUT2D eigenvalue weighted by atomic mass is 9.93. The number of rotatable bonds is 8. The molecule has 0 saturated carbocycles. The molecule has 0 spiro atoms. The van der Waals surface area contributed by atoms with E-state index in [0.717, 1.165) is 27.0 Å². The van der Waals surface area contributed by atoms with Crippen molar-refractivity contribution in [2.75, 3.05) is 13.1 Å². The molecule has 4 N–H and O–H groups in total. The van der Waals surface area contributed by atoms with Gasteiger partial charge in [-0.05, 0) is 57.5 Å². The fourth-order valence-electron chi connectivity index (χ4n) is 4.58. The Labute approximate surface area is 190 Å².